The molecule has 0 radical (unpaired) electrons. The predicted octanol–water partition coefficient (Wildman–Crippen LogP) is 1.60. The zero-order chi connectivity index (χ0) is 15.3. The van der Waals surface area contributed by atoms with Crippen molar-refractivity contribution < 1.29 is 8.42 Å². The average molecular weight is 459 g/mol. The Morgan fingerprint density at radius 3 is 2.82 bits per heavy atom. The fraction of sp³-hybridized carbons (Fsp3) is 0.538. The number of sulfone groups is 1. The van der Waals surface area contributed by atoms with Gasteiger partial charge in [-0.05, 0) is 25.0 Å². The summed E-state index contributed by atoms with van der Waals surface area (Å²) in [5.41, 5.74) is 0.940. The summed E-state index contributed by atoms with van der Waals surface area (Å²) in [4.78, 5) is 8.44. The van der Waals surface area contributed by atoms with Crippen molar-refractivity contribution in [3.8, 4) is 0 Å². The van der Waals surface area contributed by atoms with Crippen LogP contribution in [0.5, 0.6) is 0 Å². The molecule has 1 aromatic heterocycles. The number of rotatable bonds is 4. The topological polar surface area (TPSA) is 83.4 Å². The summed E-state index contributed by atoms with van der Waals surface area (Å²) >= 11 is 5.74. The highest BCUT2D eigenvalue weighted by atomic mass is 127. The van der Waals surface area contributed by atoms with Crippen LogP contribution in [0.3, 0.4) is 0 Å². The number of hydrogen-bond donors (Lipinski definition) is 2. The zero-order valence-electron chi connectivity index (χ0n) is 12.3. The Morgan fingerprint density at radius 2 is 2.27 bits per heavy atom. The summed E-state index contributed by atoms with van der Waals surface area (Å²) in [6.07, 6.45) is 2.30. The molecule has 0 saturated carbocycles. The Kier molecular flexibility index (Phi) is 7.84. The molecule has 2 N–H and O–H groups in total. The molecule has 22 heavy (non-hydrogen) atoms. The molecule has 124 valence electrons. The minimum atomic E-state index is -2.90. The SMILES string of the molecule is CCNC(=NCc1ccc(Cl)nc1)NC1CCS(=O)(=O)C1.I. The lowest BCUT2D eigenvalue weighted by atomic mass is 10.3. The molecule has 0 spiro atoms. The standard InChI is InChI=1S/C13H19ClN4O2S.HI/c1-2-15-13(18-11-5-6-21(19,20)9-11)17-8-10-3-4-12(14)16-7-10;/h3-4,7,11H,2,5-6,8-9H2,1H3,(H2,15,17,18);1H. The minimum Gasteiger partial charge on any atom is -0.357 e. The van der Waals surface area contributed by atoms with Crippen LogP contribution in [0.1, 0.15) is 18.9 Å². The Hall–Kier alpha value is -0.610. The number of pyridine rings is 1. The van der Waals surface area contributed by atoms with Gasteiger partial charge in [-0.15, -0.1) is 24.0 Å². The van der Waals surface area contributed by atoms with E-state index in [0.717, 1.165) is 5.56 Å². The molecule has 1 unspecified atom stereocenters. The van der Waals surface area contributed by atoms with Crippen molar-refractivity contribution in [3.05, 3.63) is 29.0 Å². The van der Waals surface area contributed by atoms with Gasteiger partial charge in [-0.25, -0.2) is 18.4 Å². The molecule has 2 rings (SSSR count). The molecule has 1 aliphatic heterocycles. The Bertz CT molecular complexity index is 607. The van der Waals surface area contributed by atoms with E-state index in [2.05, 4.69) is 20.6 Å². The second-order valence-electron chi connectivity index (χ2n) is 4.93. The van der Waals surface area contributed by atoms with Gasteiger partial charge >= 0.3 is 0 Å². The van der Waals surface area contributed by atoms with Crippen LogP contribution in [-0.4, -0.2) is 43.5 Å². The van der Waals surface area contributed by atoms with Crippen LogP contribution in [0.2, 0.25) is 5.15 Å². The van der Waals surface area contributed by atoms with Gasteiger partial charge < -0.3 is 10.6 Å². The van der Waals surface area contributed by atoms with Crippen molar-refractivity contribution in [2.75, 3.05) is 18.1 Å². The first kappa shape index (κ1) is 19.4. The molecule has 2 heterocycles. The average Bonchev–Trinajstić information content (AvgIpc) is 2.77. The van der Waals surface area contributed by atoms with E-state index < -0.39 is 9.84 Å². The monoisotopic (exact) mass is 458 g/mol. The van der Waals surface area contributed by atoms with E-state index in [-0.39, 0.29) is 41.5 Å². The first-order chi connectivity index (χ1) is 9.98. The Balaban J connectivity index is 0.00000242. The number of hydrogen-bond acceptors (Lipinski definition) is 4. The van der Waals surface area contributed by atoms with Crippen molar-refractivity contribution in [1.29, 1.82) is 0 Å². The van der Waals surface area contributed by atoms with E-state index in [0.29, 0.717) is 30.6 Å². The lowest BCUT2D eigenvalue weighted by molar-refractivity contribution is 0.599. The lowest BCUT2D eigenvalue weighted by Gasteiger charge is -2.15. The summed E-state index contributed by atoms with van der Waals surface area (Å²) in [7, 11) is -2.90. The first-order valence-corrected chi connectivity index (χ1v) is 9.04. The quantitative estimate of drug-likeness (QED) is 0.310. The molecule has 0 aromatic carbocycles. The minimum absolute atomic E-state index is 0. The number of aliphatic imine (C=N–C) groups is 1. The molecule has 6 nitrogen and oxygen atoms in total. The second-order valence-corrected chi connectivity index (χ2v) is 7.54. The van der Waals surface area contributed by atoms with Crippen molar-refractivity contribution in [3.63, 3.8) is 0 Å². The molecule has 0 bridgehead atoms. The first-order valence-electron chi connectivity index (χ1n) is 6.84. The van der Waals surface area contributed by atoms with Gasteiger partial charge in [0.05, 0.1) is 18.1 Å². The van der Waals surface area contributed by atoms with Gasteiger partial charge in [0.15, 0.2) is 15.8 Å². The van der Waals surface area contributed by atoms with Gasteiger partial charge in [-0.2, -0.15) is 0 Å². The smallest absolute Gasteiger partial charge is 0.191 e. The predicted molar refractivity (Wildman–Crippen MR) is 99.7 cm³/mol. The summed E-state index contributed by atoms with van der Waals surface area (Å²) < 4.78 is 22.9. The fourth-order valence-corrected chi connectivity index (χ4v) is 3.88. The van der Waals surface area contributed by atoms with Gasteiger partial charge in [0.25, 0.3) is 0 Å². The lowest BCUT2D eigenvalue weighted by Crippen LogP contribution is -2.44. The van der Waals surface area contributed by atoms with Gasteiger partial charge in [0.2, 0.25) is 0 Å². The van der Waals surface area contributed by atoms with Gasteiger partial charge in [-0.1, -0.05) is 17.7 Å². The molecular formula is C13H20ClIN4O2S. The maximum atomic E-state index is 11.5. The molecule has 1 aliphatic rings. The number of nitrogens with zero attached hydrogens (tertiary/aromatic N) is 2. The third-order valence-corrected chi connectivity index (χ3v) is 5.12. The third kappa shape index (κ3) is 6.25. The molecule has 1 fully saturated rings. The van der Waals surface area contributed by atoms with Gasteiger partial charge in [0, 0.05) is 18.8 Å². The van der Waals surface area contributed by atoms with Crippen LogP contribution < -0.4 is 10.6 Å². The molecule has 1 atom stereocenters. The highest BCUT2D eigenvalue weighted by molar-refractivity contribution is 14.0. The van der Waals surface area contributed by atoms with Crippen LogP contribution in [-0.2, 0) is 16.4 Å². The molecular weight excluding hydrogens is 439 g/mol. The highest BCUT2D eigenvalue weighted by Crippen LogP contribution is 2.11. The summed E-state index contributed by atoms with van der Waals surface area (Å²) in [6.45, 7) is 3.13. The van der Waals surface area contributed by atoms with Gasteiger partial charge in [0.1, 0.15) is 5.15 Å². The van der Waals surface area contributed by atoms with E-state index in [1.54, 1.807) is 12.3 Å². The zero-order valence-corrected chi connectivity index (χ0v) is 16.2. The van der Waals surface area contributed by atoms with E-state index in [9.17, 15) is 8.42 Å². The second kappa shape index (κ2) is 8.88. The summed E-state index contributed by atoms with van der Waals surface area (Å²) in [5.74, 6) is 1.03. The largest absolute Gasteiger partial charge is 0.357 e. The summed E-state index contributed by atoms with van der Waals surface area (Å²) in [5, 5.41) is 6.73. The van der Waals surface area contributed by atoms with Crippen LogP contribution in [0.15, 0.2) is 23.3 Å². The van der Waals surface area contributed by atoms with Crippen LogP contribution in [0.25, 0.3) is 0 Å². The third-order valence-electron chi connectivity index (χ3n) is 3.13. The molecule has 0 aliphatic carbocycles. The molecule has 0 amide bonds. The summed E-state index contributed by atoms with van der Waals surface area (Å²) in [6, 6.07) is 3.51. The highest BCUT2D eigenvalue weighted by Gasteiger charge is 2.28. The number of nitrogens with one attached hydrogen (secondary N) is 2. The maximum Gasteiger partial charge on any atom is 0.191 e. The number of guanidine groups is 1. The number of aromatic nitrogens is 1. The van der Waals surface area contributed by atoms with Crippen molar-refractivity contribution in [2.24, 2.45) is 4.99 Å². The van der Waals surface area contributed by atoms with Crippen LogP contribution >= 0.6 is 35.6 Å². The molecule has 1 aromatic rings. The van der Waals surface area contributed by atoms with Crippen molar-refractivity contribution >= 4 is 51.4 Å². The van der Waals surface area contributed by atoms with Crippen molar-refractivity contribution in [1.82, 2.24) is 15.6 Å². The Morgan fingerprint density at radius 1 is 1.50 bits per heavy atom. The maximum absolute atomic E-state index is 11.5. The van der Waals surface area contributed by atoms with Gasteiger partial charge in [-0.3, -0.25) is 0 Å². The van der Waals surface area contributed by atoms with Crippen molar-refractivity contribution in [2.45, 2.75) is 25.9 Å². The molecule has 1 saturated heterocycles. The van der Waals surface area contributed by atoms with E-state index >= 15 is 0 Å². The number of halogens is 2. The Labute approximate surface area is 153 Å². The molecule has 9 heteroatoms. The van der Waals surface area contributed by atoms with E-state index in [1.165, 1.54) is 0 Å². The van der Waals surface area contributed by atoms with Crippen LogP contribution in [0, 0.1) is 0 Å². The van der Waals surface area contributed by atoms with E-state index in [4.69, 9.17) is 11.6 Å². The van der Waals surface area contributed by atoms with Crippen LogP contribution in [0.4, 0.5) is 0 Å². The fourth-order valence-electron chi connectivity index (χ4n) is 2.09. The normalized spacial score (nSPS) is 20.3. The van der Waals surface area contributed by atoms with E-state index in [1.807, 2.05) is 13.0 Å².